The van der Waals surface area contributed by atoms with E-state index in [1.165, 1.54) is 24.3 Å². The molecule has 8 heteroatoms. The lowest BCUT2D eigenvalue weighted by molar-refractivity contribution is 0.167. The van der Waals surface area contributed by atoms with Crippen LogP contribution in [0.1, 0.15) is 23.4 Å². The summed E-state index contributed by atoms with van der Waals surface area (Å²) in [4.78, 5) is 21.1. The summed E-state index contributed by atoms with van der Waals surface area (Å²) in [6, 6.07) is 2.05. The predicted molar refractivity (Wildman–Crippen MR) is 101 cm³/mol. The van der Waals surface area contributed by atoms with Crippen molar-refractivity contribution >= 4 is 33.6 Å². The van der Waals surface area contributed by atoms with Crippen LogP contribution in [0.4, 0.5) is 10.9 Å². The van der Waals surface area contributed by atoms with Crippen molar-refractivity contribution in [2.24, 2.45) is 5.92 Å². The molecule has 6 nitrogen and oxygen atoms in total. The molecule has 25 heavy (non-hydrogen) atoms. The van der Waals surface area contributed by atoms with Crippen LogP contribution >= 0.6 is 22.7 Å². The van der Waals surface area contributed by atoms with E-state index < -0.39 is 0 Å². The van der Waals surface area contributed by atoms with E-state index in [9.17, 15) is 0 Å². The Bertz CT molecular complexity index is 774. The van der Waals surface area contributed by atoms with Crippen molar-refractivity contribution < 1.29 is 0 Å². The van der Waals surface area contributed by atoms with Crippen LogP contribution in [0.5, 0.6) is 0 Å². The van der Waals surface area contributed by atoms with Gasteiger partial charge in [0.2, 0.25) is 0 Å². The molecule has 3 aromatic rings. The number of rotatable bonds is 6. The van der Waals surface area contributed by atoms with Crippen molar-refractivity contribution in [3.05, 3.63) is 46.2 Å². The van der Waals surface area contributed by atoms with Crippen LogP contribution in [-0.2, 0) is 13.0 Å². The van der Waals surface area contributed by atoms with Gasteiger partial charge in [0, 0.05) is 47.5 Å². The number of likely N-dealkylation sites (tertiary alicyclic amines) is 1. The van der Waals surface area contributed by atoms with E-state index in [1.54, 1.807) is 35.2 Å². The van der Waals surface area contributed by atoms with Gasteiger partial charge in [-0.1, -0.05) is 0 Å². The number of nitrogens with one attached hydrogen (secondary N) is 1. The molecule has 0 aromatic carbocycles. The van der Waals surface area contributed by atoms with E-state index >= 15 is 0 Å². The fraction of sp³-hybridized carbons (Fsp3) is 0.412. The molecular formula is C17H20N6S2. The van der Waals surface area contributed by atoms with Crippen LogP contribution < -0.4 is 5.32 Å². The topological polar surface area (TPSA) is 66.8 Å². The second-order valence-corrected chi connectivity index (χ2v) is 8.14. The van der Waals surface area contributed by atoms with E-state index in [4.69, 9.17) is 0 Å². The Morgan fingerprint density at radius 1 is 1.24 bits per heavy atom. The number of nitrogens with zero attached hydrogens (tertiary/aromatic N) is 5. The first-order chi connectivity index (χ1) is 12.3. The van der Waals surface area contributed by atoms with E-state index in [0.29, 0.717) is 5.92 Å². The van der Waals surface area contributed by atoms with Crippen molar-refractivity contribution in [2.75, 3.05) is 18.4 Å². The van der Waals surface area contributed by atoms with Crippen LogP contribution in [0.2, 0.25) is 0 Å². The Labute approximate surface area is 155 Å². The van der Waals surface area contributed by atoms with Gasteiger partial charge in [0.05, 0.1) is 5.51 Å². The summed E-state index contributed by atoms with van der Waals surface area (Å²) in [6.45, 7) is 3.31. The van der Waals surface area contributed by atoms with E-state index in [0.717, 1.165) is 36.2 Å². The Hall–Kier alpha value is -1.90. The average Bonchev–Trinajstić information content (AvgIpc) is 3.30. The zero-order valence-corrected chi connectivity index (χ0v) is 15.5. The highest BCUT2D eigenvalue weighted by Gasteiger charge is 2.21. The summed E-state index contributed by atoms with van der Waals surface area (Å²) in [5.74, 6) is 1.46. The van der Waals surface area contributed by atoms with Gasteiger partial charge in [0.25, 0.3) is 0 Å². The molecule has 4 rings (SSSR count). The zero-order chi connectivity index (χ0) is 16.9. The summed E-state index contributed by atoms with van der Waals surface area (Å²) < 4.78 is 0. The van der Waals surface area contributed by atoms with E-state index in [2.05, 4.69) is 30.2 Å². The maximum atomic E-state index is 4.47. The van der Waals surface area contributed by atoms with Crippen LogP contribution in [0, 0.1) is 5.92 Å². The highest BCUT2D eigenvalue weighted by atomic mass is 32.1. The molecule has 1 fully saturated rings. The Balaban J connectivity index is 1.36. The molecule has 0 aliphatic carbocycles. The molecule has 130 valence electrons. The lowest BCUT2D eigenvalue weighted by Crippen LogP contribution is -2.35. The normalized spacial score (nSPS) is 18.3. The highest BCUT2D eigenvalue weighted by molar-refractivity contribution is 7.13. The Kier molecular flexibility index (Phi) is 5.29. The fourth-order valence-corrected chi connectivity index (χ4v) is 4.44. The third-order valence-corrected chi connectivity index (χ3v) is 5.81. The maximum Gasteiger partial charge on any atom is 0.188 e. The van der Waals surface area contributed by atoms with Gasteiger partial charge in [-0.2, -0.15) is 0 Å². The quantitative estimate of drug-likeness (QED) is 0.713. The van der Waals surface area contributed by atoms with Crippen LogP contribution in [-0.4, -0.2) is 37.9 Å². The number of aromatic nitrogens is 4. The van der Waals surface area contributed by atoms with Crippen LogP contribution in [0.25, 0.3) is 0 Å². The third kappa shape index (κ3) is 4.59. The molecule has 1 unspecified atom stereocenters. The molecule has 1 N–H and O–H groups in total. The minimum atomic E-state index is 0.643. The van der Waals surface area contributed by atoms with Gasteiger partial charge in [0.1, 0.15) is 12.1 Å². The first-order valence-corrected chi connectivity index (χ1v) is 10.2. The fourth-order valence-electron chi connectivity index (χ4n) is 3.27. The number of hydrogen-bond donors (Lipinski definition) is 1. The first kappa shape index (κ1) is 16.6. The molecule has 1 aliphatic heterocycles. The third-order valence-electron chi connectivity index (χ3n) is 4.35. The molecule has 3 aromatic heterocycles. The molecule has 4 heterocycles. The first-order valence-electron chi connectivity index (χ1n) is 8.42. The zero-order valence-electron chi connectivity index (χ0n) is 13.8. The summed E-state index contributed by atoms with van der Waals surface area (Å²) in [5, 5.41) is 6.05. The van der Waals surface area contributed by atoms with Crippen molar-refractivity contribution in [3.8, 4) is 0 Å². The number of thiazole rings is 2. The molecule has 1 atom stereocenters. The number of hydrogen-bond acceptors (Lipinski definition) is 8. The molecule has 0 amide bonds. The minimum Gasteiger partial charge on any atom is -0.316 e. The monoisotopic (exact) mass is 372 g/mol. The number of piperidine rings is 1. The van der Waals surface area contributed by atoms with Gasteiger partial charge < -0.3 is 5.32 Å². The Morgan fingerprint density at radius 3 is 3.08 bits per heavy atom. The lowest BCUT2D eigenvalue weighted by Gasteiger charge is -2.32. The van der Waals surface area contributed by atoms with E-state index in [1.807, 2.05) is 23.2 Å². The molecule has 0 spiro atoms. The van der Waals surface area contributed by atoms with Gasteiger partial charge in [0.15, 0.2) is 5.13 Å². The highest BCUT2D eigenvalue weighted by Crippen LogP contribution is 2.23. The molecule has 1 saturated heterocycles. The van der Waals surface area contributed by atoms with Gasteiger partial charge in [-0.15, -0.1) is 22.7 Å². The molecular weight excluding hydrogens is 352 g/mol. The summed E-state index contributed by atoms with van der Waals surface area (Å²) >= 11 is 3.31. The minimum absolute atomic E-state index is 0.643. The van der Waals surface area contributed by atoms with Gasteiger partial charge in [-0.25, -0.2) is 15.0 Å². The second kappa shape index (κ2) is 7.99. The predicted octanol–water partition coefficient (Wildman–Crippen LogP) is 3.59. The smallest absolute Gasteiger partial charge is 0.188 e. The largest absolute Gasteiger partial charge is 0.316 e. The molecule has 0 radical (unpaired) electrons. The molecule has 0 saturated carbocycles. The maximum absolute atomic E-state index is 4.47. The van der Waals surface area contributed by atoms with Crippen molar-refractivity contribution in [1.82, 2.24) is 24.8 Å². The number of anilines is 2. The van der Waals surface area contributed by atoms with Crippen molar-refractivity contribution in [3.63, 3.8) is 0 Å². The van der Waals surface area contributed by atoms with E-state index in [-0.39, 0.29) is 0 Å². The van der Waals surface area contributed by atoms with Gasteiger partial charge in [-0.3, -0.25) is 9.88 Å². The summed E-state index contributed by atoms with van der Waals surface area (Å²) in [6.07, 6.45) is 8.92. The van der Waals surface area contributed by atoms with Crippen molar-refractivity contribution in [2.45, 2.75) is 25.8 Å². The lowest BCUT2D eigenvalue weighted by atomic mass is 9.93. The van der Waals surface area contributed by atoms with Crippen molar-refractivity contribution in [1.29, 1.82) is 0 Å². The molecule has 0 bridgehead atoms. The van der Waals surface area contributed by atoms with Gasteiger partial charge >= 0.3 is 0 Å². The molecule has 1 aliphatic rings. The van der Waals surface area contributed by atoms with Gasteiger partial charge in [-0.05, 0) is 31.7 Å². The second-order valence-electron chi connectivity index (χ2n) is 6.27. The summed E-state index contributed by atoms with van der Waals surface area (Å²) in [7, 11) is 0. The Morgan fingerprint density at radius 2 is 2.24 bits per heavy atom. The summed E-state index contributed by atoms with van der Waals surface area (Å²) in [5.41, 5.74) is 3.01. The van der Waals surface area contributed by atoms with Crippen LogP contribution in [0.15, 0.2) is 35.7 Å². The van der Waals surface area contributed by atoms with Crippen LogP contribution in [0.3, 0.4) is 0 Å². The standard InChI is InChI=1S/C17H20N6S2/c1-2-13(9-23(4-1)10-15-8-18-12-25-15)6-14-7-16(21-11-20-14)22-17-19-3-5-24-17/h3,5,7-8,11-13H,1-2,4,6,9-10H2,(H,19,20,21,22). The average molecular weight is 373 g/mol. The SMILES string of the molecule is c1nc(CC2CCCN(Cc3cncs3)C2)cc(Nc2nccs2)n1.